The minimum Gasteiger partial charge on any atom is -0.479 e. The van der Waals surface area contributed by atoms with Crippen LogP contribution in [0.3, 0.4) is 0 Å². The van der Waals surface area contributed by atoms with Gasteiger partial charge < -0.3 is 15.2 Å². The Morgan fingerprint density at radius 2 is 2.00 bits per heavy atom. The van der Waals surface area contributed by atoms with E-state index in [9.17, 15) is 14.7 Å². The Bertz CT molecular complexity index is 502. The Morgan fingerprint density at radius 3 is 2.50 bits per heavy atom. The highest BCUT2D eigenvalue weighted by Gasteiger charge is 2.56. The molecule has 3 atom stereocenters. The van der Waals surface area contributed by atoms with Crippen LogP contribution in [-0.2, 0) is 16.1 Å². The first-order valence-electron chi connectivity index (χ1n) is 6.68. The molecule has 0 radical (unpaired) electrons. The van der Waals surface area contributed by atoms with Crippen LogP contribution < -0.4 is 5.32 Å². The smallest absolute Gasteiger partial charge is 0.408 e. The second kappa shape index (κ2) is 5.53. The standard InChI is InChI=1S/C15H19NO4/c1-10-8-15(11(10)2,13(17)18)16-14(19)20-9-12-6-4-3-5-7-12/h3-7,10-11H,8-9H2,1-2H3,(H,16,19)(H,17,18). The Labute approximate surface area is 117 Å². The highest BCUT2D eigenvalue weighted by molar-refractivity contribution is 5.86. The number of carboxylic acid groups (broad SMARTS) is 1. The molecule has 108 valence electrons. The Hall–Kier alpha value is -2.04. The van der Waals surface area contributed by atoms with E-state index in [1.54, 1.807) is 0 Å². The summed E-state index contributed by atoms with van der Waals surface area (Å²) in [6, 6.07) is 9.26. The summed E-state index contributed by atoms with van der Waals surface area (Å²) in [6.07, 6.45) is -0.251. The van der Waals surface area contributed by atoms with Crippen molar-refractivity contribution in [3.8, 4) is 0 Å². The van der Waals surface area contributed by atoms with E-state index in [4.69, 9.17) is 4.74 Å². The maximum Gasteiger partial charge on any atom is 0.408 e. The van der Waals surface area contributed by atoms with Gasteiger partial charge in [0.05, 0.1) is 0 Å². The highest BCUT2D eigenvalue weighted by atomic mass is 16.5. The van der Waals surface area contributed by atoms with Gasteiger partial charge in [0.2, 0.25) is 0 Å². The molecule has 1 aromatic rings. The summed E-state index contributed by atoms with van der Waals surface area (Å²) >= 11 is 0. The lowest BCUT2D eigenvalue weighted by Gasteiger charge is -2.49. The molecule has 1 aliphatic rings. The van der Waals surface area contributed by atoms with Crippen molar-refractivity contribution in [2.24, 2.45) is 11.8 Å². The molecule has 1 saturated carbocycles. The van der Waals surface area contributed by atoms with Crippen LogP contribution in [0.15, 0.2) is 30.3 Å². The summed E-state index contributed by atoms with van der Waals surface area (Å²) in [7, 11) is 0. The Kier molecular flexibility index (Phi) is 3.97. The number of hydrogen-bond donors (Lipinski definition) is 2. The van der Waals surface area contributed by atoms with Crippen molar-refractivity contribution in [2.75, 3.05) is 0 Å². The maximum absolute atomic E-state index is 11.8. The second-order valence-corrected chi connectivity index (χ2v) is 5.43. The number of carboxylic acids is 1. The van der Waals surface area contributed by atoms with Gasteiger partial charge in [-0.05, 0) is 23.8 Å². The van der Waals surface area contributed by atoms with Gasteiger partial charge in [0.25, 0.3) is 0 Å². The summed E-state index contributed by atoms with van der Waals surface area (Å²) in [5.74, 6) is -0.829. The average Bonchev–Trinajstić information content (AvgIpc) is 2.45. The summed E-state index contributed by atoms with van der Waals surface area (Å²) in [4.78, 5) is 23.2. The van der Waals surface area contributed by atoms with E-state index in [0.717, 1.165) is 5.56 Å². The minimum absolute atomic E-state index is 0.107. The van der Waals surface area contributed by atoms with E-state index in [-0.39, 0.29) is 18.4 Å². The van der Waals surface area contributed by atoms with E-state index >= 15 is 0 Å². The van der Waals surface area contributed by atoms with Gasteiger partial charge in [-0.1, -0.05) is 44.2 Å². The number of carbonyl (C=O) groups excluding carboxylic acids is 1. The number of aliphatic carboxylic acids is 1. The number of nitrogens with one attached hydrogen (secondary N) is 1. The molecule has 2 rings (SSSR count). The zero-order valence-corrected chi connectivity index (χ0v) is 11.6. The zero-order valence-electron chi connectivity index (χ0n) is 11.6. The fourth-order valence-corrected chi connectivity index (χ4v) is 2.64. The van der Waals surface area contributed by atoms with Crippen molar-refractivity contribution in [1.29, 1.82) is 0 Å². The number of carbonyl (C=O) groups is 2. The molecule has 0 aliphatic heterocycles. The summed E-state index contributed by atoms with van der Waals surface area (Å²) in [5, 5.41) is 11.9. The van der Waals surface area contributed by atoms with Crippen LogP contribution in [-0.4, -0.2) is 22.7 Å². The summed E-state index contributed by atoms with van der Waals surface area (Å²) in [5.41, 5.74) is -0.324. The first kappa shape index (κ1) is 14.4. The van der Waals surface area contributed by atoms with Crippen molar-refractivity contribution in [2.45, 2.75) is 32.4 Å². The van der Waals surface area contributed by atoms with Gasteiger partial charge in [0.15, 0.2) is 0 Å². The minimum atomic E-state index is -1.19. The molecule has 2 N–H and O–H groups in total. The largest absolute Gasteiger partial charge is 0.479 e. The molecule has 1 fully saturated rings. The van der Waals surface area contributed by atoms with Crippen LogP contribution in [0, 0.1) is 11.8 Å². The van der Waals surface area contributed by atoms with E-state index in [1.807, 2.05) is 44.2 Å². The highest BCUT2D eigenvalue weighted by Crippen LogP contribution is 2.43. The van der Waals surface area contributed by atoms with Crippen LogP contribution in [0.2, 0.25) is 0 Å². The summed E-state index contributed by atoms with van der Waals surface area (Å²) < 4.78 is 5.08. The van der Waals surface area contributed by atoms with Gasteiger partial charge in [-0.3, -0.25) is 0 Å². The predicted molar refractivity (Wildman–Crippen MR) is 73.1 cm³/mol. The fraction of sp³-hybridized carbons (Fsp3) is 0.467. The van der Waals surface area contributed by atoms with E-state index in [2.05, 4.69) is 5.32 Å². The summed E-state index contributed by atoms with van der Waals surface area (Å²) in [6.45, 7) is 3.94. The molecule has 1 aromatic carbocycles. The first-order chi connectivity index (χ1) is 9.45. The number of benzene rings is 1. The van der Waals surface area contributed by atoms with Crippen molar-refractivity contribution in [1.82, 2.24) is 5.32 Å². The van der Waals surface area contributed by atoms with Crippen LogP contribution >= 0.6 is 0 Å². The van der Waals surface area contributed by atoms with Crippen molar-refractivity contribution in [3.05, 3.63) is 35.9 Å². The normalized spacial score (nSPS) is 28.3. The van der Waals surface area contributed by atoms with Gasteiger partial charge >= 0.3 is 12.1 Å². The van der Waals surface area contributed by atoms with Crippen LogP contribution in [0.5, 0.6) is 0 Å². The molecule has 5 nitrogen and oxygen atoms in total. The number of rotatable bonds is 4. The predicted octanol–water partition coefficient (Wildman–Crippen LogP) is 2.41. The first-order valence-corrected chi connectivity index (χ1v) is 6.68. The van der Waals surface area contributed by atoms with Crippen LogP contribution in [0.1, 0.15) is 25.8 Å². The van der Waals surface area contributed by atoms with Crippen molar-refractivity contribution < 1.29 is 19.4 Å². The van der Waals surface area contributed by atoms with E-state index in [1.165, 1.54) is 0 Å². The van der Waals surface area contributed by atoms with Gasteiger partial charge in [0, 0.05) is 0 Å². The third kappa shape index (κ3) is 2.61. The van der Waals surface area contributed by atoms with E-state index < -0.39 is 17.6 Å². The average molecular weight is 277 g/mol. The monoisotopic (exact) mass is 277 g/mol. The molecule has 0 aromatic heterocycles. The SMILES string of the molecule is CC1CC(NC(=O)OCc2ccccc2)(C(=O)O)C1C. The third-order valence-electron chi connectivity index (χ3n) is 4.19. The molecule has 3 unspecified atom stereocenters. The molecule has 5 heteroatoms. The maximum atomic E-state index is 11.8. The van der Waals surface area contributed by atoms with Gasteiger partial charge in [-0.15, -0.1) is 0 Å². The molecule has 0 spiro atoms. The molecule has 20 heavy (non-hydrogen) atoms. The number of ether oxygens (including phenoxy) is 1. The van der Waals surface area contributed by atoms with Gasteiger partial charge in [-0.2, -0.15) is 0 Å². The molecule has 0 saturated heterocycles. The van der Waals surface area contributed by atoms with Crippen LogP contribution in [0.4, 0.5) is 4.79 Å². The van der Waals surface area contributed by atoms with Gasteiger partial charge in [0.1, 0.15) is 12.1 Å². The lowest BCUT2D eigenvalue weighted by atomic mass is 9.60. The molecule has 1 aliphatic carbocycles. The quantitative estimate of drug-likeness (QED) is 0.886. The van der Waals surface area contributed by atoms with Crippen molar-refractivity contribution in [3.63, 3.8) is 0 Å². The van der Waals surface area contributed by atoms with E-state index in [0.29, 0.717) is 6.42 Å². The lowest BCUT2D eigenvalue weighted by molar-refractivity contribution is -0.156. The fourth-order valence-electron chi connectivity index (χ4n) is 2.64. The topological polar surface area (TPSA) is 75.6 Å². The zero-order chi connectivity index (χ0) is 14.8. The van der Waals surface area contributed by atoms with Gasteiger partial charge in [-0.25, -0.2) is 9.59 Å². The number of hydrogen-bond acceptors (Lipinski definition) is 3. The van der Waals surface area contributed by atoms with Crippen LogP contribution in [0.25, 0.3) is 0 Å². The third-order valence-corrected chi connectivity index (χ3v) is 4.19. The molecular weight excluding hydrogens is 258 g/mol. The second-order valence-electron chi connectivity index (χ2n) is 5.43. The molecular formula is C15H19NO4. The Balaban J connectivity index is 1.92. The number of amides is 1. The Morgan fingerprint density at radius 1 is 1.35 bits per heavy atom. The lowest BCUT2D eigenvalue weighted by Crippen LogP contribution is -2.67. The molecule has 0 heterocycles. The molecule has 1 amide bonds. The number of alkyl carbamates (subject to hydrolysis) is 1. The molecule has 0 bridgehead atoms. The van der Waals surface area contributed by atoms with Crippen molar-refractivity contribution >= 4 is 12.1 Å².